The molecular weight excluding hydrogens is 262 g/mol. The Bertz CT molecular complexity index is 570. The molecule has 0 atom stereocenters. The summed E-state index contributed by atoms with van der Waals surface area (Å²) in [6, 6.07) is 6.30. The van der Waals surface area contributed by atoms with Gasteiger partial charge in [0.25, 0.3) is 0 Å². The molecule has 1 fully saturated rings. The number of likely N-dealkylation sites (tertiary alicyclic amines) is 1. The van der Waals surface area contributed by atoms with Crippen molar-refractivity contribution in [2.45, 2.75) is 38.5 Å². The van der Waals surface area contributed by atoms with Gasteiger partial charge in [0.1, 0.15) is 0 Å². The van der Waals surface area contributed by atoms with Gasteiger partial charge in [-0.05, 0) is 61.8 Å². The Morgan fingerprint density at radius 3 is 2.43 bits per heavy atom. The fraction of sp³-hybridized carbons (Fsp3) is 0.500. The summed E-state index contributed by atoms with van der Waals surface area (Å²) in [6.45, 7) is 1.92. The summed E-state index contributed by atoms with van der Waals surface area (Å²) in [5, 5.41) is 0. The molecule has 0 spiro atoms. The second kappa shape index (κ2) is 6.16. The maximum Gasteiger partial charge on any atom is 0.223 e. The van der Waals surface area contributed by atoms with Crippen LogP contribution in [0.15, 0.2) is 28.2 Å². The molecule has 0 radical (unpaired) electrons. The molecule has 0 saturated carbocycles. The SMILES string of the molecule is NC(=Nc1ccc2c(c1)CCCC2)N=C(N)N1CCCC1. The number of nitrogens with zero attached hydrogens (tertiary/aromatic N) is 3. The fourth-order valence-electron chi connectivity index (χ4n) is 3.08. The van der Waals surface area contributed by atoms with Gasteiger partial charge in [-0.25, -0.2) is 4.99 Å². The lowest BCUT2D eigenvalue weighted by Crippen LogP contribution is -2.36. The predicted molar refractivity (Wildman–Crippen MR) is 86.8 cm³/mol. The molecule has 2 aliphatic rings. The Kier molecular flexibility index (Phi) is 4.08. The van der Waals surface area contributed by atoms with Crippen molar-refractivity contribution in [3.8, 4) is 0 Å². The molecule has 1 saturated heterocycles. The van der Waals surface area contributed by atoms with Gasteiger partial charge < -0.3 is 16.4 Å². The first-order valence-corrected chi connectivity index (χ1v) is 7.77. The molecule has 0 unspecified atom stereocenters. The van der Waals surface area contributed by atoms with E-state index in [9.17, 15) is 0 Å². The van der Waals surface area contributed by atoms with Gasteiger partial charge in [-0.2, -0.15) is 4.99 Å². The summed E-state index contributed by atoms with van der Waals surface area (Å²) in [4.78, 5) is 10.6. The van der Waals surface area contributed by atoms with Crippen molar-refractivity contribution in [2.24, 2.45) is 21.5 Å². The minimum Gasteiger partial charge on any atom is -0.369 e. The normalized spacial score (nSPS) is 19.7. The zero-order valence-electron chi connectivity index (χ0n) is 12.4. The molecule has 5 heteroatoms. The highest BCUT2D eigenvalue weighted by Crippen LogP contribution is 2.25. The van der Waals surface area contributed by atoms with Crippen molar-refractivity contribution in [3.63, 3.8) is 0 Å². The van der Waals surface area contributed by atoms with Gasteiger partial charge in [0.2, 0.25) is 5.96 Å². The molecule has 0 bridgehead atoms. The zero-order chi connectivity index (χ0) is 14.7. The van der Waals surface area contributed by atoms with Gasteiger partial charge in [-0.15, -0.1) is 0 Å². The maximum absolute atomic E-state index is 5.96. The van der Waals surface area contributed by atoms with Gasteiger partial charge >= 0.3 is 0 Å². The molecule has 0 aromatic heterocycles. The van der Waals surface area contributed by atoms with Crippen LogP contribution >= 0.6 is 0 Å². The molecule has 112 valence electrons. The standard InChI is InChI=1S/C16H23N5/c17-15(20-16(18)21-9-3-4-10-21)19-14-8-7-12-5-1-2-6-13(12)11-14/h7-8,11H,1-6,9-10H2,(H4,17,18,19,20). The van der Waals surface area contributed by atoms with Crippen LogP contribution in [0.25, 0.3) is 0 Å². The van der Waals surface area contributed by atoms with Gasteiger partial charge in [0.05, 0.1) is 5.69 Å². The predicted octanol–water partition coefficient (Wildman–Crippen LogP) is 1.92. The highest BCUT2D eigenvalue weighted by molar-refractivity contribution is 5.94. The zero-order valence-corrected chi connectivity index (χ0v) is 12.4. The van der Waals surface area contributed by atoms with E-state index in [-0.39, 0.29) is 5.96 Å². The first-order valence-electron chi connectivity index (χ1n) is 7.77. The Morgan fingerprint density at radius 2 is 1.67 bits per heavy atom. The van der Waals surface area contributed by atoms with Gasteiger partial charge in [-0.1, -0.05) is 6.07 Å². The highest BCUT2D eigenvalue weighted by atomic mass is 15.3. The van der Waals surface area contributed by atoms with Crippen molar-refractivity contribution in [2.75, 3.05) is 13.1 Å². The van der Waals surface area contributed by atoms with Gasteiger partial charge in [0, 0.05) is 13.1 Å². The smallest absolute Gasteiger partial charge is 0.223 e. The van der Waals surface area contributed by atoms with Crippen molar-refractivity contribution in [3.05, 3.63) is 29.3 Å². The summed E-state index contributed by atoms with van der Waals surface area (Å²) < 4.78 is 0. The number of aryl methyl sites for hydroxylation is 2. The van der Waals surface area contributed by atoms with Crippen LogP contribution in [0, 0.1) is 0 Å². The van der Waals surface area contributed by atoms with Crippen LogP contribution in [0.1, 0.15) is 36.8 Å². The van der Waals surface area contributed by atoms with Crippen LogP contribution in [0.4, 0.5) is 5.69 Å². The molecule has 5 nitrogen and oxygen atoms in total. The average molecular weight is 285 g/mol. The molecule has 0 amide bonds. The molecule has 1 heterocycles. The summed E-state index contributed by atoms with van der Waals surface area (Å²) in [5.74, 6) is 0.710. The lowest BCUT2D eigenvalue weighted by molar-refractivity contribution is 0.514. The maximum atomic E-state index is 5.96. The molecule has 4 N–H and O–H groups in total. The van der Waals surface area contributed by atoms with E-state index in [1.165, 1.54) is 30.4 Å². The summed E-state index contributed by atoms with van der Waals surface area (Å²) in [6.07, 6.45) is 7.19. The average Bonchev–Trinajstić information content (AvgIpc) is 3.01. The third-order valence-corrected chi connectivity index (χ3v) is 4.23. The molecule has 21 heavy (non-hydrogen) atoms. The first kappa shape index (κ1) is 13.9. The Morgan fingerprint density at radius 1 is 0.952 bits per heavy atom. The highest BCUT2D eigenvalue weighted by Gasteiger charge is 2.14. The topological polar surface area (TPSA) is 80.0 Å². The monoisotopic (exact) mass is 285 g/mol. The van der Waals surface area contributed by atoms with Crippen LogP contribution in [0.5, 0.6) is 0 Å². The van der Waals surface area contributed by atoms with E-state index in [0.717, 1.165) is 38.0 Å². The Balaban J connectivity index is 1.75. The second-order valence-electron chi connectivity index (χ2n) is 5.79. The molecule has 3 rings (SSSR count). The number of benzene rings is 1. The van der Waals surface area contributed by atoms with E-state index in [2.05, 4.69) is 27.0 Å². The minimum atomic E-state index is 0.232. The van der Waals surface area contributed by atoms with Crippen molar-refractivity contribution < 1.29 is 0 Å². The fourth-order valence-corrected chi connectivity index (χ4v) is 3.08. The van der Waals surface area contributed by atoms with Crippen LogP contribution in [-0.2, 0) is 12.8 Å². The summed E-state index contributed by atoms with van der Waals surface area (Å²) in [7, 11) is 0. The lowest BCUT2D eigenvalue weighted by Gasteiger charge is -2.16. The number of fused-ring (bicyclic) bond motifs is 1. The lowest BCUT2D eigenvalue weighted by atomic mass is 9.91. The van der Waals surface area contributed by atoms with E-state index < -0.39 is 0 Å². The number of hydrogen-bond acceptors (Lipinski definition) is 1. The van der Waals surface area contributed by atoms with Crippen LogP contribution < -0.4 is 11.5 Å². The Hall–Kier alpha value is -2.04. The third-order valence-electron chi connectivity index (χ3n) is 4.23. The largest absolute Gasteiger partial charge is 0.369 e. The number of nitrogens with two attached hydrogens (primary N) is 2. The third kappa shape index (κ3) is 3.35. The molecular formula is C16H23N5. The number of guanidine groups is 2. The minimum absolute atomic E-state index is 0.232. The molecule has 1 aromatic rings. The van der Waals surface area contributed by atoms with Crippen LogP contribution in [0.3, 0.4) is 0 Å². The van der Waals surface area contributed by atoms with E-state index in [0.29, 0.717) is 5.96 Å². The Labute approximate surface area is 125 Å². The molecule has 1 aromatic carbocycles. The van der Waals surface area contributed by atoms with E-state index in [4.69, 9.17) is 11.5 Å². The summed E-state index contributed by atoms with van der Waals surface area (Å²) >= 11 is 0. The van der Waals surface area contributed by atoms with Gasteiger partial charge in [0.15, 0.2) is 5.96 Å². The second-order valence-corrected chi connectivity index (χ2v) is 5.79. The van der Waals surface area contributed by atoms with Crippen molar-refractivity contribution in [1.82, 2.24) is 4.90 Å². The molecule has 1 aliphatic carbocycles. The molecule has 1 aliphatic heterocycles. The summed E-state index contributed by atoms with van der Waals surface area (Å²) in [5.41, 5.74) is 15.6. The van der Waals surface area contributed by atoms with Crippen molar-refractivity contribution >= 4 is 17.6 Å². The first-order chi connectivity index (χ1) is 10.2. The number of hydrogen-bond donors (Lipinski definition) is 2. The van der Waals surface area contributed by atoms with E-state index in [1.54, 1.807) is 0 Å². The van der Waals surface area contributed by atoms with Crippen LogP contribution in [0.2, 0.25) is 0 Å². The van der Waals surface area contributed by atoms with E-state index >= 15 is 0 Å². The number of rotatable bonds is 1. The van der Waals surface area contributed by atoms with Crippen molar-refractivity contribution in [1.29, 1.82) is 0 Å². The van der Waals surface area contributed by atoms with Crippen LogP contribution in [-0.4, -0.2) is 29.9 Å². The van der Waals surface area contributed by atoms with Gasteiger partial charge in [-0.3, -0.25) is 0 Å². The quantitative estimate of drug-likeness (QED) is 0.611. The van der Waals surface area contributed by atoms with E-state index in [1.807, 2.05) is 6.07 Å². The number of aliphatic imine (C=N–C) groups is 2.